The number of nitrogens with one attached hydrogen (secondary N) is 5. The van der Waals surface area contributed by atoms with Crippen LogP contribution in [0.2, 0.25) is 0 Å². The summed E-state index contributed by atoms with van der Waals surface area (Å²) in [4.78, 5) is 90.0. The molecule has 0 radical (unpaired) electrons. The Morgan fingerprint density at radius 3 is 1.49 bits per heavy atom. The van der Waals surface area contributed by atoms with Crippen LogP contribution in [0.25, 0.3) is 0 Å². The molecule has 1 aromatic carbocycles. The molecule has 55 heavy (non-hydrogen) atoms. The number of carbonyl (C=O) groups is 7. The van der Waals surface area contributed by atoms with Crippen molar-refractivity contribution in [1.82, 2.24) is 26.6 Å². The number of amides is 5. The van der Waals surface area contributed by atoms with Gasteiger partial charge in [-0.15, -0.1) is 5.46 Å². The molecule has 5 amide bonds. The Kier molecular flexibility index (Phi) is 15.2. The molecule has 0 bridgehead atoms. The maximum Gasteiger partial charge on any atom is 0.410 e. The summed E-state index contributed by atoms with van der Waals surface area (Å²) in [5.74, 6) is -5.08. The number of hydrogen-bond acceptors (Lipinski definition) is 13. The predicted octanol–water partition coefficient (Wildman–Crippen LogP) is -0.680. The summed E-state index contributed by atoms with van der Waals surface area (Å²) in [5, 5.41) is 13.4. The topological polar surface area (TPSA) is 252 Å². The molecule has 1 aromatic rings. The van der Waals surface area contributed by atoms with Crippen molar-refractivity contribution in [2.45, 2.75) is 136 Å². The molecule has 1 aliphatic rings. The summed E-state index contributed by atoms with van der Waals surface area (Å²) < 4.78 is 28.7. The van der Waals surface area contributed by atoms with Gasteiger partial charge in [0, 0.05) is 6.54 Å². The van der Waals surface area contributed by atoms with E-state index in [0.29, 0.717) is 11.0 Å². The van der Waals surface area contributed by atoms with Crippen LogP contribution in [0.15, 0.2) is 24.3 Å². The van der Waals surface area contributed by atoms with Crippen LogP contribution in [0.3, 0.4) is 0 Å². The molecule has 0 saturated carbocycles. The molecular formula is C36H58BN6O12-. The van der Waals surface area contributed by atoms with Crippen LogP contribution in [-0.2, 0) is 63.5 Å². The first-order valence-electron chi connectivity index (χ1n) is 17.9. The molecule has 19 heteroatoms. The number of esters is 2. The van der Waals surface area contributed by atoms with Gasteiger partial charge in [-0.25, -0.2) is 9.59 Å². The Bertz CT molecular complexity index is 1600. The van der Waals surface area contributed by atoms with E-state index in [1.807, 2.05) is 0 Å². The second-order valence-electron chi connectivity index (χ2n) is 16.0. The highest BCUT2D eigenvalue weighted by Crippen LogP contribution is 2.29. The van der Waals surface area contributed by atoms with Crippen molar-refractivity contribution in [2.75, 3.05) is 13.7 Å². The van der Waals surface area contributed by atoms with Gasteiger partial charge in [0.05, 0.1) is 24.3 Å². The van der Waals surface area contributed by atoms with Crippen LogP contribution in [0.4, 0.5) is 0 Å². The molecule has 7 N–H and O–H groups in total. The highest BCUT2D eigenvalue weighted by molar-refractivity contribution is 6.76. The van der Waals surface area contributed by atoms with Crippen LogP contribution >= 0.6 is 0 Å². The summed E-state index contributed by atoms with van der Waals surface area (Å²) in [7, 11) is 1.31. The lowest BCUT2D eigenvalue weighted by Crippen LogP contribution is -2.67. The lowest BCUT2D eigenvalue weighted by atomic mass is 9.67. The molecule has 0 spiro atoms. The molecule has 2 atom stereocenters. The van der Waals surface area contributed by atoms with E-state index in [-0.39, 0.29) is 6.54 Å². The minimum Gasteiger partial charge on any atom is -0.543 e. The lowest BCUT2D eigenvalue weighted by Gasteiger charge is -2.37. The van der Waals surface area contributed by atoms with Crippen molar-refractivity contribution < 1.29 is 57.0 Å². The molecule has 18 nitrogen and oxygen atoms in total. The number of carbonyl (C=O) groups excluding carboxylic acids is 7. The van der Waals surface area contributed by atoms with E-state index >= 15 is 0 Å². The van der Waals surface area contributed by atoms with Gasteiger partial charge in [0.2, 0.25) is 29.5 Å². The summed E-state index contributed by atoms with van der Waals surface area (Å²) in [6.45, 7) is 15.1. The van der Waals surface area contributed by atoms with Crippen molar-refractivity contribution in [3.8, 4) is 0 Å². The first-order valence-corrected chi connectivity index (χ1v) is 17.9. The third kappa shape index (κ3) is 12.2. The molecule has 1 saturated heterocycles. The van der Waals surface area contributed by atoms with Gasteiger partial charge < -0.3 is 50.4 Å². The Morgan fingerprint density at radius 1 is 0.691 bits per heavy atom. The van der Waals surface area contributed by atoms with E-state index in [1.165, 1.54) is 48.7 Å². The van der Waals surface area contributed by atoms with E-state index in [9.17, 15) is 33.6 Å². The molecule has 1 aliphatic heterocycles. The molecular weight excluding hydrogens is 719 g/mol. The molecule has 0 aliphatic carbocycles. The average Bonchev–Trinajstić information content (AvgIpc) is 3.47. The molecule has 0 aromatic heterocycles. The maximum absolute atomic E-state index is 13.7. The van der Waals surface area contributed by atoms with E-state index in [2.05, 4.69) is 26.6 Å². The zero-order valence-electron chi connectivity index (χ0n) is 34.1. The minimum atomic E-state index is -2.92. The Labute approximate surface area is 322 Å². The van der Waals surface area contributed by atoms with Crippen molar-refractivity contribution >= 4 is 53.7 Å². The third-order valence-corrected chi connectivity index (χ3v) is 8.53. The number of primary amides is 1. The molecule has 2 rings (SSSR count). The molecule has 1 heterocycles. The predicted molar refractivity (Wildman–Crippen MR) is 201 cm³/mol. The van der Waals surface area contributed by atoms with E-state index < -0.39 is 101 Å². The van der Waals surface area contributed by atoms with Gasteiger partial charge in [0.15, 0.2) is 0 Å². The molecule has 0 unspecified atom stereocenters. The van der Waals surface area contributed by atoms with Gasteiger partial charge in [-0.3, -0.25) is 29.3 Å². The second-order valence-corrected chi connectivity index (χ2v) is 16.0. The van der Waals surface area contributed by atoms with E-state index in [4.69, 9.17) is 29.2 Å². The quantitative estimate of drug-likeness (QED) is 0.0800. The van der Waals surface area contributed by atoms with Gasteiger partial charge in [-0.1, -0.05) is 29.8 Å². The van der Waals surface area contributed by atoms with Crippen molar-refractivity contribution in [1.29, 1.82) is 0 Å². The van der Waals surface area contributed by atoms with E-state index in [1.54, 1.807) is 65.8 Å². The minimum absolute atomic E-state index is 0.0288. The normalized spacial score (nSPS) is 17.3. The van der Waals surface area contributed by atoms with Crippen LogP contribution in [-0.4, -0.2) is 108 Å². The number of benzene rings is 1. The highest BCUT2D eigenvalue weighted by Gasteiger charge is 2.52. The number of hydrogen-bond donors (Lipinski definition) is 6. The highest BCUT2D eigenvalue weighted by atomic mass is 16.8. The SMILES string of the molecule is CO[B-]1(c2ccccc2CNC(C)(C)C(=O)NC(C)(C)C(=O)NC(C)(C)C(=O)NC(C)(C)C(=O)NCC(N)=O)O[C@H](C(=O)OC(C)C)[C@@H](C(=O)OC(C)C)O1. The Balaban J connectivity index is 2.23. The number of ether oxygens (including phenoxy) is 2. The number of rotatable bonds is 18. The van der Waals surface area contributed by atoms with Crippen molar-refractivity contribution in [2.24, 2.45) is 5.73 Å². The number of nitrogens with two attached hydrogens (primary N) is 1. The average molecular weight is 778 g/mol. The van der Waals surface area contributed by atoms with Crippen LogP contribution in [0.1, 0.15) is 88.6 Å². The van der Waals surface area contributed by atoms with Gasteiger partial charge in [-0.05, 0) is 90.2 Å². The first-order chi connectivity index (χ1) is 25.1. The summed E-state index contributed by atoms with van der Waals surface area (Å²) >= 11 is 0. The fraction of sp³-hybridized carbons (Fsp3) is 0.639. The largest absolute Gasteiger partial charge is 0.543 e. The second kappa shape index (κ2) is 17.9. The standard InChI is InChI=1S/C36H58BN6O12/c1-20(2)52-27(45)25-26(28(46)53-21(3)4)55-37(51-13,54-25)23-17-15-14-16-22(23)18-40-33(5,6)30(48)41-35(9,10)32(50)43-36(11,12)31(49)42-34(7,8)29(47)39-19-24(38)44/h14-17,20-21,25-26,40H,18-19H2,1-13H3,(H2,38,44)(H,39,47)(H,41,48)(H,42,49)(H,43,50)/q-1/t25-,26-/m0/s1. The van der Waals surface area contributed by atoms with Crippen LogP contribution in [0, 0.1) is 0 Å². The van der Waals surface area contributed by atoms with Gasteiger partial charge >= 0.3 is 18.7 Å². The smallest absolute Gasteiger partial charge is 0.410 e. The summed E-state index contributed by atoms with van der Waals surface area (Å²) in [5.41, 5.74) is 0.118. The van der Waals surface area contributed by atoms with Crippen LogP contribution in [0.5, 0.6) is 0 Å². The van der Waals surface area contributed by atoms with Crippen molar-refractivity contribution in [3.63, 3.8) is 0 Å². The monoisotopic (exact) mass is 777 g/mol. The zero-order chi connectivity index (χ0) is 42.3. The maximum atomic E-state index is 13.7. The van der Waals surface area contributed by atoms with Gasteiger partial charge in [-0.2, -0.15) is 0 Å². The first kappa shape index (κ1) is 46.6. The van der Waals surface area contributed by atoms with Crippen LogP contribution < -0.4 is 37.8 Å². The molecule has 1 fully saturated rings. The fourth-order valence-electron chi connectivity index (χ4n) is 5.22. The van der Waals surface area contributed by atoms with Gasteiger partial charge in [0.25, 0.3) is 0 Å². The van der Waals surface area contributed by atoms with Gasteiger partial charge in [0.1, 0.15) is 28.8 Å². The fourth-order valence-corrected chi connectivity index (χ4v) is 5.22. The Morgan fingerprint density at radius 2 is 1.09 bits per heavy atom. The summed E-state index contributed by atoms with van der Waals surface area (Å²) in [6, 6.07) is 6.79. The molecule has 308 valence electrons. The van der Waals surface area contributed by atoms with Crippen molar-refractivity contribution in [3.05, 3.63) is 29.8 Å². The summed E-state index contributed by atoms with van der Waals surface area (Å²) in [6.07, 6.45) is -4.02. The van der Waals surface area contributed by atoms with E-state index in [0.717, 1.165) is 0 Å². The third-order valence-electron chi connectivity index (χ3n) is 8.53. The Hall–Kier alpha value is -4.59. The zero-order valence-corrected chi connectivity index (χ0v) is 34.1. The lowest BCUT2D eigenvalue weighted by molar-refractivity contribution is -0.167.